The van der Waals surface area contributed by atoms with Crippen LogP contribution in [0.5, 0.6) is 5.88 Å². The highest BCUT2D eigenvalue weighted by molar-refractivity contribution is 5.52. The summed E-state index contributed by atoms with van der Waals surface area (Å²) >= 11 is 0. The van der Waals surface area contributed by atoms with Crippen molar-refractivity contribution in [3.8, 4) is 5.88 Å². The second-order valence-electron chi connectivity index (χ2n) is 6.10. The van der Waals surface area contributed by atoms with Gasteiger partial charge in [-0.2, -0.15) is 0 Å². The molecule has 0 bridgehead atoms. The summed E-state index contributed by atoms with van der Waals surface area (Å²) in [5.41, 5.74) is 1.01. The zero-order valence-corrected chi connectivity index (χ0v) is 13.1. The molecular weight excluding hydrogens is 250 g/mol. The van der Waals surface area contributed by atoms with Crippen molar-refractivity contribution in [1.82, 2.24) is 9.88 Å². The first-order valence-electron chi connectivity index (χ1n) is 7.63. The Morgan fingerprint density at radius 1 is 1.30 bits per heavy atom. The van der Waals surface area contributed by atoms with Gasteiger partial charge in [0.2, 0.25) is 5.88 Å². The van der Waals surface area contributed by atoms with Crippen LogP contribution >= 0.6 is 0 Å². The summed E-state index contributed by atoms with van der Waals surface area (Å²) in [7, 11) is 2.20. The van der Waals surface area contributed by atoms with Gasteiger partial charge in [0.05, 0.1) is 11.8 Å². The van der Waals surface area contributed by atoms with E-state index in [0.717, 1.165) is 11.6 Å². The fraction of sp³-hybridized carbons (Fsp3) is 0.688. The standard InChI is InChI=1S/C16H27N3O/c1-12(2)20-16-15(6-5-9-17-16)18-13(3)14-7-10-19(4)11-8-14/h5-6,9,12-14,18H,7-8,10-11H2,1-4H3. The molecule has 1 atom stereocenters. The minimum absolute atomic E-state index is 0.143. The Labute approximate surface area is 122 Å². The van der Waals surface area contributed by atoms with E-state index in [1.54, 1.807) is 6.20 Å². The van der Waals surface area contributed by atoms with Gasteiger partial charge in [0.1, 0.15) is 0 Å². The predicted octanol–water partition coefficient (Wildman–Crippen LogP) is 3.01. The average Bonchev–Trinajstić information content (AvgIpc) is 2.41. The Kier molecular flexibility index (Phi) is 5.24. The van der Waals surface area contributed by atoms with Gasteiger partial charge in [-0.15, -0.1) is 0 Å². The molecule has 1 N–H and O–H groups in total. The number of aromatic nitrogens is 1. The van der Waals surface area contributed by atoms with Crippen molar-refractivity contribution >= 4 is 5.69 Å². The Bertz CT molecular complexity index is 414. The highest BCUT2D eigenvalue weighted by atomic mass is 16.5. The fourth-order valence-corrected chi connectivity index (χ4v) is 2.71. The van der Waals surface area contributed by atoms with Crippen molar-refractivity contribution in [1.29, 1.82) is 0 Å². The van der Waals surface area contributed by atoms with Crippen molar-refractivity contribution in [2.24, 2.45) is 5.92 Å². The molecule has 1 unspecified atom stereocenters. The van der Waals surface area contributed by atoms with Gasteiger partial charge in [-0.1, -0.05) is 0 Å². The molecule has 1 aliphatic rings. The van der Waals surface area contributed by atoms with Crippen LogP contribution in [0.15, 0.2) is 18.3 Å². The van der Waals surface area contributed by atoms with Gasteiger partial charge in [-0.3, -0.25) is 0 Å². The number of rotatable bonds is 5. The summed E-state index contributed by atoms with van der Waals surface area (Å²) < 4.78 is 5.77. The molecule has 0 radical (unpaired) electrons. The number of nitrogens with zero attached hydrogens (tertiary/aromatic N) is 2. The Morgan fingerprint density at radius 2 is 2.00 bits per heavy atom. The molecule has 1 aromatic rings. The summed E-state index contributed by atoms with van der Waals surface area (Å²) in [6.07, 6.45) is 4.43. The van der Waals surface area contributed by atoms with Gasteiger partial charge in [0.25, 0.3) is 0 Å². The van der Waals surface area contributed by atoms with E-state index in [1.807, 2.05) is 19.9 Å². The molecule has 4 nitrogen and oxygen atoms in total. The Morgan fingerprint density at radius 3 is 2.65 bits per heavy atom. The van der Waals surface area contributed by atoms with E-state index in [2.05, 4.69) is 35.2 Å². The van der Waals surface area contributed by atoms with Gasteiger partial charge < -0.3 is 15.0 Å². The summed E-state index contributed by atoms with van der Waals surface area (Å²) in [5, 5.41) is 3.59. The molecule has 1 fully saturated rings. The largest absolute Gasteiger partial charge is 0.473 e. The van der Waals surface area contributed by atoms with Crippen LogP contribution < -0.4 is 10.1 Å². The first-order valence-corrected chi connectivity index (χ1v) is 7.63. The molecule has 1 saturated heterocycles. The average molecular weight is 277 g/mol. The predicted molar refractivity (Wildman–Crippen MR) is 83.3 cm³/mol. The molecule has 1 aliphatic heterocycles. The van der Waals surface area contributed by atoms with E-state index < -0.39 is 0 Å². The van der Waals surface area contributed by atoms with E-state index in [-0.39, 0.29) is 6.10 Å². The van der Waals surface area contributed by atoms with Crippen molar-refractivity contribution in [3.05, 3.63) is 18.3 Å². The molecule has 4 heteroatoms. The van der Waals surface area contributed by atoms with Gasteiger partial charge >= 0.3 is 0 Å². The third-order valence-corrected chi connectivity index (χ3v) is 3.97. The summed E-state index contributed by atoms with van der Waals surface area (Å²) in [4.78, 5) is 6.74. The number of ether oxygens (including phenoxy) is 1. The number of nitrogens with one attached hydrogen (secondary N) is 1. The number of hydrogen-bond acceptors (Lipinski definition) is 4. The van der Waals surface area contributed by atoms with Crippen LogP contribution in [0.25, 0.3) is 0 Å². The first-order chi connectivity index (χ1) is 9.56. The Balaban J connectivity index is 1.98. The second kappa shape index (κ2) is 6.93. The lowest BCUT2D eigenvalue weighted by atomic mass is 9.90. The quantitative estimate of drug-likeness (QED) is 0.897. The molecule has 0 saturated carbocycles. The number of piperidine rings is 1. The molecule has 2 heterocycles. The third-order valence-electron chi connectivity index (χ3n) is 3.97. The number of hydrogen-bond donors (Lipinski definition) is 1. The smallest absolute Gasteiger partial charge is 0.237 e. The highest BCUT2D eigenvalue weighted by Crippen LogP contribution is 2.27. The monoisotopic (exact) mass is 277 g/mol. The van der Waals surface area contributed by atoms with Crippen LogP contribution in [-0.4, -0.2) is 42.2 Å². The van der Waals surface area contributed by atoms with E-state index in [0.29, 0.717) is 11.9 Å². The van der Waals surface area contributed by atoms with Gasteiger partial charge in [0, 0.05) is 12.2 Å². The molecule has 20 heavy (non-hydrogen) atoms. The molecule has 0 spiro atoms. The maximum atomic E-state index is 5.77. The number of likely N-dealkylation sites (tertiary alicyclic amines) is 1. The van der Waals surface area contributed by atoms with E-state index >= 15 is 0 Å². The lowest BCUT2D eigenvalue weighted by molar-refractivity contribution is 0.207. The molecule has 0 aromatic carbocycles. The van der Waals surface area contributed by atoms with Crippen LogP contribution in [0, 0.1) is 5.92 Å². The highest BCUT2D eigenvalue weighted by Gasteiger charge is 2.23. The van der Waals surface area contributed by atoms with Crippen molar-refractivity contribution in [2.75, 3.05) is 25.5 Å². The first kappa shape index (κ1) is 15.1. The number of pyridine rings is 1. The van der Waals surface area contributed by atoms with Crippen LogP contribution in [0.3, 0.4) is 0 Å². The summed E-state index contributed by atoms with van der Waals surface area (Å²) in [6.45, 7) is 8.71. The number of anilines is 1. The molecule has 2 rings (SSSR count). The van der Waals surface area contributed by atoms with Crippen LogP contribution in [0.4, 0.5) is 5.69 Å². The summed E-state index contributed by atoms with van der Waals surface area (Å²) in [5.74, 6) is 1.43. The third kappa shape index (κ3) is 4.10. The van der Waals surface area contributed by atoms with Gasteiger partial charge in [-0.05, 0) is 71.8 Å². The lowest BCUT2D eigenvalue weighted by Crippen LogP contribution is -2.37. The second-order valence-corrected chi connectivity index (χ2v) is 6.10. The molecule has 0 aliphatic carbocycles. The van der Waals surface area contributed by atoms with E-state index in [1.165, 1.54) is 25.9 Å². The molecule has 112 valence electrons. The molecule has 0 amide bonds. The lowest BCUT2D eigenvalue weighted by Gasteiger charge is -2.33. The van der Waals surface area contributed by atoms with Crippen molar-refractivity contribution in [3.63, 3.8) is 0 Å². The minimum atomic E-state index is 0.143. The maximum absolute atomic E-state index is 5.77. The Hall–Kier alpha value is -1.29. The zero-order chi connectivity index (χ0) is 14.5. The van der Waals surface area contributed by atoms with Crippen molar-refractivity contribution < 1.29 is 4.74 Å². The molecule has 1 aromatic heterocycles. The van der Waals surface area contributed by atoms with E-state index in [4.69, 9.17) is 4.74 Å². The topological polar surface area (TPSA) is 37.4 Å². The van der Waals surface area contributed by atoms with Crippen LogP contribution in [0.1, 0.15) is 33.6 Å². The maximum Gasteiger partial charge on any atom is 0.237 e. The normalized spacial score (nSPS) is 19.1. The minimum Gasteiger partial charge on any atom is -0.473 e. The molecular formula is C16H27N3O. The van der Waals surface area contributed by atoms with Crippen molar-refractivity contribution in [2.45, 2.75) is 45.8 Å². The SMILES string of the molecule is CC(C)Oc1ncccc1NC(C)C1CCN(C)CC1. The zero-order valence-electron chi connectivity index (χ0n) is 13.1. The van der Waals surface area contributed by atoms with Crippen LogP contribution in [-0.2, 0) is 0 Å². The van der Waals surface area contributed by atoms with Gasteiger partial charge in [0.15, 0.2) is 0 Å². The van der Waals surface area contributed by atoms with Gasteiger partial charge in [-0.25, -0.2) is 4.98 Å². The van der Waals surface area contributed by atoms with Crippen LogP contribution in [0.2, 0.25) is 0 Å². The summed E-state index contributed by atoms with van der Waals surface area (Å²) in [6, 6.07) is 4.45. The fourth-order valence-electron chi connectivity index (χ4n) is 2.71. The van der Waals surface area contributed by atoms with E-state index in [9.17, 15) is 0 Å².